The summed E-state index contributed by atoms with van der Waals surface area (Å²) in [5.74, 6) is -0.879. The molecule has 0 radical (unpaired) electrons. The first-order valence-corrected chi connectivity index (χ1v) is 10.8. The summed E-state index contributed by atoms with van der Waals surface area (Å²) < 4.78 is 46.2. The smallest absolute Gasteiger partial charge is 0.266 e. The van der Waals surface area contributed by atoms with Crippen molar-refractivity contribution in [3.8, 4) is 0 Å². The number of alkyl halides is 2. The lowest BCUT2D eigenvalue weighted by molar-refractivity contribution is -0.0731. The largest absolute Gasteiger partial charge is 0.381 e. The van der Waals surface area contributed by atoms with Crippen molar-refractivity contribution in [2.24, 2.45) is 5.41 Å². The first kappa shape index (κ1) is 21.0. The maximum atomic E-state index is 14.6. The molecule has 1 aromatic heterocycles. The van der Waals surface area contributed by atoms with Gasteiger partial charge in [0.2, 0.25) is 0 Å². The number of nitrogens with one attached hydrogen (secondary N) is 1. The summed E-state index contributed by atoms with van der Waals surface area (Å²) in [4.78, 5) is 2.34. The minimum atomic E-state index is -2.86. The third-order valence-electron chi connectivity index (χ3n) is 6.83. The number of aromatic nitrogens is 2. The Bertz CT molecular complexity index is 1140. The molecule has 2 aromatic carbocycles. The molecule has 32 heavy (non-hydrogen) atoms. The van der Waals surface area contributed by atoms with Gasteiger partial charge in [-0.15, -0.1) is 0 Å². The summed E-state index contributed by atoms with van der Waals surface area (Å²) in [6, 6.07) is 9.58. The third-order valence-corrected chi connectivity index (χ3v) is 6.83. The van der Waals surface area contributed by atoms with Crippen molar-refractivity contribution in [2.45, 2.75) is 38.3 Å². The average Bonchev–Trinajstić information content (AvgIpc) is 2.72. The number of benzene rings is 2. The highest BCUT2D eigenvalue weighted by molar-refractivity contribution is 5.93. The van der Waals surface area contributed by atoms with Crippen LogP contribution in [0, 0.1) is 11.2 Å². The lowest BCUT2D eigenvalue weighted by atomic mass is 9.61. The monoisotopic (exact) mass is 442 g/mol. The van der Waals surface area contributed by atoms with Gasteiger partial charge in [0, 0.05) is 42.3 Å². The molecule has 1 spiro atoms. The van der Waals surface area contributed by atoms with Crippen molar-refractivity contribution in [1.82, 2.24) is 10.2 Å². The Morgan fingerprint density at radius 2 is 1.91 bits per heavy atom. The van der Waals surface area contributed by atoms with Crippen LogP contribution in [-0.4, -0.2) is 36.5 Å². The van der Waals surface area contributed by atoms with E-state index in [0.717, 1.165) is 43.1 Å². The van der Waals surface area contributed by atoms with E-state index in [-0.39, 0.29) is 5.56 Å². The first-order chi connectivity index (χ1) is 15.4. The van der Waals surface area contributed by atoms with Gasteiger partial charge in [0.05, 0.1) is 35.1 Å². The number of hydrogen-bond donors (Lipinski definition) is 1. The third kappa shape index (κ3) is 3.56. The lowest BCUT2D eigenvalue weighted by Gasteiger charge is -2.59. The van der Waals surface area contributed by atoms with Gasteiger partial charge in [-0.05, 0) is 38.0 Å². The van der Waals surface area contributed by atoms with Gasteiger partial charge in [-0.1, -0.05) is 18.2 Å². The van der Waals surface area contributed by atoms with Gasteiger partial charge in [-0.25, -0.2) is 13.2 Å². The number of methoxy groups -OCH3 is 1. The van der Waals surface area contributed by atoms with Crippen molar-refractivity contribution in [3.05, 3.63) is 59.5 Å². The molecule has 0 unspecified atom stereocenters. The molecule has 3 aromatic rings. The van der Waals surface area contributed by atoms with E-state index in [2.05, 4.69) is 26.5 Å². The number of hydrogen-bond acceptors (Lipinski definition) is 5. The van der Waals surface area contributed by atoms with Gasteiger partial charge in [0.1, 0.15) is 5.82 Å². The van der Waals surface area contributed by atoms with Gasteiger partial charge in [0.15, 0.2) is 0 Å². The predicted octanol–water partition coefficient (Wildman–Crippen LogP) is 5.49. The van der Waals surface area contributed by atoms with E-state index >= 15 is 0 Å². The number of halogens is 3. The molecule has 8 heteroatoms. The van der Waals surface area contributed by atoms with Crippen LogP contribution in [0.1, 0.15) is 43.4 Å². The Labute approximate surface area is 184 Å². The van der Waals surface area contributed by atoms with E-state index in [0.29, 0.717) is 22.7 Å². The molecule has 1 atom stereocenters. The summed E-state index contributed by atoms with van der Waals surface area (Å²) in [5, 5.41) is 12.3. The van der Waals surface area contributed by atoms with E-state index in [1.54, 1.807) is 20.2 Å². The normalized spacial score (nSPS) is 18.6. The maximum absolute atomic E-state index is 14.6. The summed E-state index contributed by atoms with van der Waals surface area (Å²) in [7, 11) is 1.77. The minimum Gasteiger partial charge on any atom is -0.381 e. The summed E-state index contributed by atoms with van der Waals surface area (Å²) in [6.45, 7) is 3.75. The second kappa shape index (κ2) is 7.92. The van der Waals surface area contributed by atoms with E-state index < -0.39 is 23.8 Å². The van der Waals surface area contributed by atoms with Crippen LogP contribution < -0.4 is 10.2 Å². The van der Waals surface area contributed by atoms with Crippen molar-refractivity contribution >= 4 is 22.3 Å². The molecular weight excluding hydrogens is 417 g/mol. The van der Waals surface area contributed by atoms with Gasteiger partial charge in [0.25, 0.3) is 6.43 Å². The molecule has 168 valence electrons. The second-order valence-corrected chi connectivity index (χ2v) is 9.00. The number of rotatable bonds is 6. The van der Waals surface area contributed by atoms with Crippen LogP contribution in [0.5, 0.6) is 0 Å². The van der Waals surface area contributed by atoms with Crippen molar-refractivity contribution in [1.29, 1.82) is 0 Å². The molecule has 1 N–H and O–H groups in total. The number of nitrogens with zero attached hydrogens (tertiary/aromatic N) is 3. The Hall–Kier alpha value is -2.87. The van der Waals surface area contributed by atoms with E-state index in [1.807, 2.05) is 12.1 Å². The molecule has 2 fully saturated rings. The van der Waals surface area contributed by atoms with Crippen LogP contribution in [0.25, 0.3) is 10.9 Å². The predicted molar refractivity (Wildman–Crippen MR) is 118 cm³/mol. The zero-order chi connectivity index (χ0) is 22.5. The second-order valence-electron chi connectivity index (χ2n) is 9.00. The SMILES string of the molecule is COC1CC2(C1)CN(c1ccc3nncc(N[C@H](C)c4cccc(C(F)F)c4F)c3c1)C2. The highest BCUT2D eigenvalue weighted by Crippen LogP contribution is 2.50. The minimum absolute atomic E-state index is 0.186. The standard InChI is InChI=1S/C24H25F3N4O/c1-14(17-4-3-5-18(22(17)25)23(26)27)29-21-11-28-30-20-7-6-15(8-19(20)21)31-12-24(13-31)9-16(10-24)32-2/h3-8,11,14,16,23H,9-10,12-13H2,1-2H3,(H,29,30)/t14-/m1/s1. The fraction of sp³-hybridized carbons (Fsp3) is 0.417. The molecule has 1 aliphatic heterocycles. The van der Waals surface area contributed by atoms with Crippen LogP contribution in [0.3, 0.4) is 0 Å². The van der Waals surface area contributed by atoms with Crippen LogP contribution >= 0.6 is 0 Å². The topological polar surface area (TPSA) is 50.3 Å². The summed E-state index contributed by atoms with van der Waals surface area (Å²) in [5.41, 5.74) is 2.46. The highest BCUT2D eigenvalue weighted by atomic mass is 19.3. The Balaban J connectivity index is 1.38. The fourth-order valence-electron chi connectivity index (χ4n) is 5.02. The van der Waals surface area contributed by atoms with Gasteiger partial charge < -0.3 is 15.0 Å². The van der Waals surface area contributed by atoms with Crippen molar-refractivity contribution < 1.29 is 17.9 Å². The van der Waals surface area contributed by atoms with Gasteiger partial charge in [-0.2, -0.15) is 10.2 Å². The number of ether oxygens (including phenoxy) is 1. The van der Waals surface area contributed by atoms with Crippen LogP contribution in [0.15, 0.2) is 42.6 Å². The first-order valence-electron chi connectivity index (χ1n) is 10.8. The van der Waals surface area contributed by atoms with E-state index in [4.69, 9.17) is 4.74 Å². The lowest BCUT2D eigenvalue weighted by Crippen LogP contribution is -2.64. The Morgan fingerprint density at radius 1 is 1.16 bits per heavy atom. The summed E-state index contributed by atoms with van der Waals surface area (Å²) >= 11 is 0. The zero-order valence-electron chi connectivity index (χ0n) is 18.0. The van der Waals surface area contributed by atoms with Gasteiger partial charge >= 0.3 is 0 Å². The Kier molecular flexibility index (Phi) is 5.20. The number of anilines is 2. The Morgan fingerprint density at radius 3 is 2.62 bits per heavy atom. The molecule has 1 aliphatic carbocycles. The summed E-state index contributed by atoms with van der Waals surface area (Å²) in [6.07, 6.45) is 1.32. The average molecular weight is 442 g/mol. The van der Waals surface area contributed by atoms with Crippen LogP contribution in [0.2, 0.25) is 0 Å². The van der Waals surface area contributed by atoms with Crippen molar-refractivity contribution in [3.63, 3.8) is 0 Å². The molecule has 0 bridgehead atoms. The molecular formula is C24H25F3N4O. The zero-order valence-corrected chi connectivity index (χ0v) is 18.0. The van der Waals surface area contributed by atoms with Crippen LogP contribution in [0.4, 0.5) is 24.5 Å². The molecule has 2 aliphatic rings. The molecule has 1 saturated heterocycles. The fourth-order valence-corrected chi connectivity index (χ4v) is 5.02. The van der Waals surface area contributed by atoms with E-state index in [1.165, 1.54) is 12.1 Å². The quantitative estimate of drug-likeness (QED) is 0.547. The maximum Gasteiger partial charge on any atom is 0.266 e. The molecule has 5 rings (SSSR count). The molecule has 2 heterocycles. The van der Waals surface area contributed by atoms with Crippen LogP contribution in [-0.2, 0) is 4.74 Å². The molecule has 5 nitrogen and oxygen atoms in total. The highest BCUT2D eigenvalue weighted by Gasteiger charge is 2.52. The molecule has 0 amide bonds. The van der Waals surface area contributed by atoms with Gasteiger partial charge in [-0.3, -0.25) is 0 Å². The van der Waals surface area contributed by atoms with Crippen molar-refractivity contribution in [2.75, 3.05) is 30.4 Å². The molecule has 1 saturated carbocycles. The van der Waals surface area contributed by atoms with E-state index in [9.17, 15) is 13.2 Å². The number of fused-ring (bicyclic) bond motifs is 1.